The van der Waals surface area contributed by atoms with Gasteiger partial charge in [-0.2, -0.15) is 9.40 Å². The molecule has 130 valence electrons. The molecule has 2 aromatic heterocycles. The first kappa shape index (κ1) is 16.8. The second kappa shape index (κ2) is 6.48. The third-order valence-corrected chi connectivity index (χ3v) is 6.46. The SMILES string of the molecule is CCn1ncc(S(=O)(=O)N2CCCC(c3ccnc(=O)[nH]3)C2)c1C. The average Bonchev–Trinajstić information content (AvgIpc) is 2.96. The van der Waals surface area contributed by atoms with E-state index in [-0.39, 0.29) is 10.8 Å². The maximum Gasteiger partial charge on any atom is 0.345 e. The van der Waals surface area contributed by atoms with Gasteiger partial charge in [-0.15, -0.1) is 0 Å². The Bertz CT molecular complexity index is 887. The summed E-state index contributed by atoms with van der Waals surface area (Å²) >= 11 is 0. The van der Waals surface area contributed by atoms with E-state index in [1.54, 1.807) is 17.7 Å². The third kappa shape index (κ3) is 3.01. The molecule has 1 fully saturated rings. The number of piperidine rings is 1. The summed E-state index contributed by atoms with van der Waals surface area (Å²) in [4.78, 5) is 18.0. The van der Waals surface area contributed by atoms with E-state index in [1.165, 1.54) is 16.7 Å². The molecule has 0 amide bonds. The second-order valence-electron chi connectivity index (χ2n) is 5.94. The lowest BCUT2D eigenvalue weighted by Crippen LogP contribution is -2.39. The van der Waals surface area contributed by atoms with Crippen molar-refractivity contribution in [3.63, 3.8) is 0 Å². The molecule has 3 heterocycles. The minimum Gasteiger partial charge on any atom is -0.309 e. The Morgan fingerprint density at radius 2 is 2.21 bits per heavy atom. The fourth-order valence-electron chi connectivity index (χ4n) is 3.18. The zero-order valence-electron chi connectivity index (χ0n) is 13.8. The number of H-pyrrole nitrogens is 1. The standard InChI is InChI=1S/C15H21N5O3S/c1-3-20-11(2)14(9-17-20)24(22,23)19-8-4-5-12(10-19)13-6-7-16-15(21)18-13/h6-7,9,12H,3-5,8,10H2,1-2H3,(H,16,18,21). The second-order valence-corrected chi connectivity index (χ2v) is 7.85. The van der Waals surface area contributed by atoms with Crippen LogP contribution in [0.15, 0.2) is 28.2 Å². The van der Waals surface area contributed by atoms with Gasteiger partial charge in [-0.3, -0.25) is 4.68 Å². The number of hydrogen-bond donors (Lipinski definition) is 1. The summed E-state index contributed by atoms with van der Waals surface area (Å²) < 4.78 is 29.1. The van der Waals surface area contributed by atoms with Gasteiger partial charge in [0.1, 0.15) is 4.90 Å². The predicted molar refractivity (Wildman–Crippen MR) is 88.2 cm³/mol. The molecular formula is C15H21N5O3S. The number of aromatic nitrogens is 4. The number of aryl methyl sites for hydroxylation is 1. The molecule has 0 radical (unpaired) electrons. The minimum absolute atomic E-state index is 0.0363. The molecular weight excluding hydrogens is 330 g/mol. The summed E-state index contributed by atoms with van der Waals surface area (Å²) in [6.07, 6.45) is 4.46. The molecule has 1 N–H and O–H groups in total. The molecule has 0 aliphatic carbocycles. The molecule has 1 aliphatic heterocycles. The number of hydrogen-bond acceptors (Lipinski definition) is 5. The van der Waals surface area contributed by atoms with Crippen molar-refractivity contribution in [2.75, 3.05) is 13.1 Å². The van der Waals surface area contributed by atoms with E-state index >= 15 is 0 Å². The van der Waals surface area contributed by atoms with Crippen molar-refractivity contribution in [2.45, 2.75) is 44.0 Å². The molecule has 8 nitrogen and oxygen atoms in total. The molecule has 3 rings (SSSR count). The first-order valence-electron chi connectivity index (χ1n) is 8.01. The van der Waals surface area contributed by atoms with Crippen LogP contribution in [0.5, 0.6) is 0 Å². The summed E-state index contributed by atoms with van der Waals surface area (Å²) in [5.74, 6) is -0.0363. The molecule has 0 bridgehead atoms. The Morgan fingerprint density at radius 3 is 2.88 bits per heavy atom. The van der Waals surface area contributed by atoms with Gasteiger partial charge in [-0.1, -0.05) is 0 Å². The molecule has 24 heavy (non-hydrogen) atoms. The molecule has 0 saturated carbocycles. The molecule has 1 unspecified atom stereocenters. The monoisotopic (exact) mass is 351 g/mol. The van der Waals surface area contributed by atoms with E-state index < -0.39 is 15.7 Å². The summed E-state index contributed by atoms with van der Waals surface area (Å²) in [7, 11) is -3.59. The lowest BCUT2D eigenvalue weighted by atomic mass is 9.96. The van der Waals surface area contributed by atoms with Gasteiger partial charge in [0.25, 0.3) is 0 Å². The highest BCUT2D eigenvalue weighted by molar-refractivity contribution is 7.89. The van der Waals surface area contributed by atoms with Crippen LogP contribution in [-0.2, 0) is 16.6 Å². The summed E-state index contributed by atoms with van der Waals surface area (Å²) in [5, 5.41) is 4.14. The first-order chi connectivity index (χ1) is 11.4. The van der Waals surface area contributed by atoms with Crippen LogP contribution in [0.3, 0.4) is 0 Å². The van der Waals surface area contributed by atoms with Crippen molar-refractivity contribution >= 4 is 10.0 Å². The van der Waals surface area contributed by atoms with E-state index in [4.69, 9.17) is 0 Å². The van der Waals surface area contributed by atoms with Crippen LogP contribution < -0.4 is 5.69 Å². The fraction of sp³-hybridized carbons (Fsp3) is 0.533. The number of rotatable bonds is 4. The predicted octanol–water partition coefficient (Wildman–Crippen LogP) is 0.863. The Labute approximate surface area is 140 Å². The molecule has 0 aromatic carbocycles. The van der Waals surface area contributed by atoms with Crippen molar-refractivity contribution in [3.05, 3.63) is 40.3 Å². The highest BCUT2D eigenvalue weighted by Gasteiger charge is 2.33. The highest BCUT2D eigenvalue weighted by atomic mass is 32.2. The summed E-state index contributed by atoms with van der Waals surface area (Å²) in [5.41, 5.74) is 0.973. The largest absolute Gasteiger partial charge is 0.345 e. The Kier molecular flexibility index (Phi) is 4.55. The van der Waals surface area contributed by atoms with Gasteiger partial charge >= 0.3 is 5.69 Å². The van der Waals surface area contributed by atoms with Crippen molar-refractivity contribution in [3.8, 4) is 0 Å². The number of sulfonamides is 1. The molecule has 0 spiro atoms. The fourth-order valence-corrected chi connectivity index (χ4v) is 4.86. The van der Waals surface area contributed by atoms with Crippen LogP contribution in [0.25, 0.3) is 0 Å². The van der Waals surface area contributed by atoms with Gasteiger partial charge in [-0.05, 0) is 32.8 Å². The minimum atomic E-state index is -3.59. The average molecular weight is 351 g/mol. The number of aromatic amines is 1. The van der Waals surface area contributed by atoms with E-state index in [0.717, 1.165) is 18.5 Å². The molecule has 9 heteroatoms. The maximum atomic E-state index is 13.0. The van der Waals surface area contributed by atoms with E-state index in [0.29, 0.717) is 25.3 Å². The summed E-state index contributed by atoms with van der Waals surface area (Å²) in [6.45, 7) is 5.14. The zero-order chi connectivity index (χ0) is 17.3. The quantitative estimate of drug-likeness (QED) is 0.880. The maximum absolute atomic E-state index is 13.0. The molecule has 2 aromatic rings. The first-order valence-corrected chi connectivity index (χ1v) is 9.45. The van der Waals surface area contributed by atoms with E-state index in [2.05, 4.69) is 15.1 Å². The zero-order valence-corrected chi connectivity index (χ0v) is 14.6. The van der Waals surface area contributed by atoms with Crippen molar-refractivity contribution in [1.82, 2.24) is 24.1 Å². The Balaban J connectivity index is 1.88. The van der Waals surface area contributed by atoms with Crippen LogP contribution >= 0.6 is 0 Å². The van der Waals surface area contributed by atoms with Crippen LogP contribution in [0.2, 0.25) is 0 Å². The molecule has 1 aliphatic rings. The van der Waals surface area contributed by atoms with Gasteiger partial charge in [0.2, 0.25) is 10.0 Å². The van der Waals surface area contributed by atoms with Crippen molar-refractivity contribution in [1.29, 1.82) is 0 Å². The van der Waals surface area contributed by atoms with Crippen LogP contribution in [0.4, 0.5) is 0 Å². The van der Waals surface area contributed by atoms with E-state index in [9.17, 15) is 13.2 Å². The lowest BCUT2D eigenvalue weighted by molar-refractivity contribution is 0.312. The smallest absolute Gasteiger partial charge is 0.309 e. The number of nitrogens with zero attached hydrogens (tertiary/aromatic N) is 4. The van der Waals surface area contributed by atoms with Gasteiger partial charge < -0.3 is 4.98 Å². The van der Waals surface area contributed by atoms with Crippen molar-refractivity contribution in [2.24, 2.45) is 0 Å². The topological polar surface area (TPSA) is 101 Å². The Hall–Kier alpha value is -2.00. The molecule has 1 saturated heterocycles. The van der Waals surface area contributed by atoms with Crippen LogP contribution in [0.1, 0.15) is 37.1 Å². The normalized spacial score (nSPS) is 19.5. The van der Waals surface area contributed by atoms with E-state index in [1.807, 2.05) is 6.92 Å². The summed E-state index contributed by atoms with van der Waals surface area (Å²) in [6, 6.07) is 1.74. The number of nitrogens with one attached hydrogen (secondary N) is 1. The highest BCUT2D eigenvalue weighted by Crippen LogP contribution is 2.29. The van der Waals surface area contributed by atoms with Crippen molar-refractivity contribution < 1.29 is 8.42 Å². The van der Waals surface area contributed by atoms with Gasteiger partial charge in [0.05, 0.1) is 11.9 Å². The van der Waals surface area contributed by atoms with Crippen LogP contribution in [-0.4, -0.2) is 45.6 Å². The van der Waals surface area contributed by atoms with Gasteiger partial charge in [-0.25, -0.2) is 18.2 Å². The van der Waals surface area contributed by atoms with Gasteiger partial charge in [0, 0.05) is 37.4 Å². The van der Waals surface area contributed by atoms with Crippen LogP contribution in [0, 0.1) is 6.92 Å². The Morgan fingerprint density at radius 1 is 1.42 bits per heavy atom. The van der Waals surface area contributed by atoms with Gasteiger partial charge in [0.15, 0.2) is 0 Å². The molecule has 1 atom stereocenters. The third-order valence-electron chi connectivity index (χ3n) is 4.50. The lowest BCUT2D eigenvalue weighted by Gasteiger charge is -2.31.